The Hall–Kier alpha value is -0.450. The van der Waals surface area contributed by atoms with Gasteiger partial charge in [-0.2, -0.15) is 0 Å². The maximum atomic E-state index is 6.02. The molecule has 0 fully saturated rings. The average Bonchev–Trinajstić information content (AvgIpc) is 2.18. The Morgan fingerprint density at radius 3 is 2.86 bits per heavy atom. The lowest BCUT2D eigenvalue weighted by Gasteiger charge is -2.11. The fourth-order valence-corrected chi connectivity index (χ4v) is 1.71. The molecule has 4 N–H and O–H groups in total. The zero-order valence-electron chi connectivity index (χ0n) is 8.12. The van der Waals surface area contributed by atoms with Crippen LogP contribution in [0.15, 0.2) is 22.9 Å². The van der Waals surface area contributed by atoms with E-state index >= 15 is 0 Å². The van der Waals surface area contributed by atoms with E-state index in [9.17, 15) is 0 Å². The molecule has 0 aromatic carbocycles. The molecule has 0 amide bonds. The molecule has 0 saturated heterocycles. The highest BCUT2D eigenvalue weighted by Gasteiger charge is 2.05. The molecule has 78 valence electrons. The van der Waals surface area contributed by atoms with Gasteiger partial charge in [0, 0.05) is 12.2 Å². The number of hydrogen-bond donors (Lipinski definition) is 2. The summed E-state index contributed by atoms with van der Waals surface area (Å²) in [5, 5.41) is 0. The Morgan fingerprint density at radius 2 is 2.21 bits per heavy atom. The third-order valence-corrected chi connectivity index (χ3v) is 2.58. The fraction of sp³-hybridized carbons (Fsp3) is 0.500. The van der Waals surface area contributed by atoms with Crippen LogP contribution in [0.5, 0.6) is 0 Å². The van der Waals surface area contributed by atoms with Gasteiger partial charge in [0.1, 0.15) is 4.60 Å². The summed E-state index contributed by atoms with van der Waals surface area (Å²) in [6.45, 7) is 0.743. The Balaban J connectivity index is 2.47. The van der Waals surface area contributed by atoms with Crippen LogP contribution in [0.3, 0.4) is 0 Å². The molecule has 0 saturated carbocycles. The summed E-state index contributed by atoms with van der Waals surface area (Å²) >= 11 is 3.33. The van der Waals surface area contributed by atoms with Crippen LogP contribution >= 0.6 is 15.9 Å². The molecule has 0 aliphatic rings. The summed E-state index contributed by atoms with van der Waals surface area (Å²) in [6.07, 6.45) is 4.87. The minimum atomic E-state index is 0.0980. The smallest absolute Gasteiger partial charge is 0.106 e. The van der Waals surface area contributed by atoms with Crippen molar-refractivity contribution in [3.63, 3.8) is 0 Å². The highest BCUT2D eigenvalue weighted by atomic mass is 79.9. The number of nitrogens with zero attached hydrogens (tertiary/aromatic N) is 1. The lowest BCUT2D eigenvalue weighted by Crippen LogP contribution is -2.11. The zero-order chi connectivity index (χ0) is 10.4. The standard InChI is InChI=1S/C10H16BrN3/c11-10-7-8(4-6-14-10)9(13)3-1-2-5-12/h4,6-7,9H,1-3,5,12-13H2/t9-/m1/s1. The van der Waals surface area contributed by atoms with Crippen molar-refractivity contribution >= 4 is 15.9 Å². The van der Waals surface area contributed by atoms with Crippen LogP contribution in [0.4, 0.5) is 0 Å². The molecule has 1 heterocycles. The van der Waals surface area contributed by atoms with Gasteiger partial charge < -0.3 is 11.5 Å². The topological polar surface area (TPSA) is 64.9 Å². The van der Waals surface area contributed by atoms with Crippen molar-refractivity contribution in [2.75, 3.05) is 6.54 Å². The maximum Gasteiger partial charge on any atom is 0.106 e. The number of halogens is 1. The van der Waals surface area contributed by atoms with Gasteiger partial charge in [0.2, 0.25) is 0 Å². The quantitative estimate of drug-likeness (QED) is 0.627. The van der Waals surface area contributed by atoms with E-state index in [1.54, 1.807) is 6.20 Å². The normalized spacial score (nSPS) is 12.8. The number of aromatic nitrogens is 1. The molecule has 0 aliphatic carbocycles. The Bertz CT molecular complexity index is 278. The summed E-state index contributed by atoms with van der Waals surface area (Å²) in [7, 11) is 0. The molecule has 14 heavy (non-hydrogen) atoms. The van der Waals surface area contributed by atoms with E-state index in [4.69, 9.17) is 11.5 Å². The van der Waals surface area contributed by atoms with Gasteiger partial charge in [-0.05, 0) is 53.0 Å². The van der Waals surface area contributed by atoms with E-state index in [0.29, 0.717) is 0 Å². The Kier molecular flexibility index (Phi) is 5.07. The van der Waals surface area contributed by atoms with Gasteiger partial charge in [0.05, 0.1) is 0 Å². The number of unbranched alkanes of at least 4 members (excludes halogenated alkanes) is 1. The zero-order valence-corrected chi connectivity index (χ0v) is 9.70. The number of pyridine rings is 1. The minimum Gasteiger partial charge on any atom is -0.330 e. The molecule has 0 aliphatic heterocycles. The van der Waals surface area contributed by atoms with E-state index in [1.165, 1.54) is 0 Å². The second kappa shape index (κ2) is 6.11. The lowest BCUT2D eigenvalue weighted by atomic mass is 10.0. The number of nitrogens with two attached hydrogens (primary N) is 2. The largest absolute Gasteiger partial charge is 0.330 e. The van der Waals surface area contributed by atoms with Gasteiger partial charge in [-0.15, -0.1) is 0 Å². The van der Waals surface area contributed by atoms with Crippen molar-refractivity contribution in [1.82, 2.24) is 4.98 Å². The molecule has 0 spiro atoms. The number of rotatable bonds is 5. The van der Waals surface area contributed by atoms with Crippen LogP contribution in [-0.2, 0) is 0 Å². The van der Waals surface area contributed by atoms with E-state index in [-0.39, 0.29) is 6.04 Å². The van der Waals surface area contributed by atoms with Crippen LogP contribution in [0.2, 0.25) is 0 Å². The van der Waals surface area contributed by atoms with Gasteiger partial charge in [0.25, 0.3) is 0 Å². The third kappa shape index (κ3) is 3.74. The fourth-order valence-electron chi connectivity index (χ4n) is 1.32. The van der Waals surface area contributed by atoms with Crippen molar-refractivity contribution in [2.24, 2.45) is 11.5 Å². The van der Waals surface area contributed by atoms with E-state index in [0.717, 1.165) is 36.0 Å². The maximum absolute atomic E-state index is 6.02. The molecule has 1 aromatic rings. The SMILES string of the molecule is NCCCC[C@@H](N)c1ccnc(Br)c1. The van der Waals surface area contributed by atoms with Crippen molar-refractivity contribution in [2.45, 2.75) is 25.3 Å². The van der Waals surface area contributed by atoms with Gasteiger partial charge in [-0.25, -0.2) is 4.98 Å². The average molecular weight is 258 g/mol. The van der Waals surface area contributed by atoms with Gasteiger partial charge in [-0.1, -0.05) is 6.42 Å². The molecular formula is C10H16BrN3. The van der Waals surface area contributed by atoms with Crippen molar-refractivity contribution < 1.29 is 0 Å². The number of hydrogen-bond acceptors (Lipinski definition) is 3. The molecule has 0 bridgehead atoms. The van der Waals surface area contributed by atoms with E-state index < -0.39 is 0 Å². The second-order valence-corrected chi connectivity index (χ2v) is 4.12. The van der Waals surface area contributed by atoms with Crippen molar-refractivity contribution in [3.05, 3.63) is 28.5 Å². The van der Waals surface area contributed by atoms with Gasteiger partial charge in [0.15, 0.2) is 0 Å². The van der Waals surface area contributed by atoms with Gasteiger partial charge >= 0.3 is 0 Å². The van der Waals surface area contributed by atoms with Gasteiger partial charge in [-0.3, -0.25) is 0 Å². The first-order valence-corrected chi connectivity index (χ1v) is 5.60. The molecule has 1 atom stereocenters. The highest BCUT2D eigenvalue weighted by Crippen LogP contribution is 2.18. The summed E-state index contributed by atoms with van der Waals surface area (Å²) in [6, 6.07) is 4.02. The minimum absolute atomic E-state index is 0.0980. The monoisotopic (exact) mass is 257 g/mol. The molecule has 0 radical (unpaired) electrons. The predicted octanol–water partition coefficient (Wildman–Crippen LogP) is 1.97. The molecule has 4 heteroatoms. The van der Waals surface area contributed by atoms with Crippen LogP contribution in [0, 0.1) is 0 Å². The first-order valence-electron chi connectivity index (χ1n) is 4.81. The molecule has 0 unspecified atom stereocenters. The molecule has 1 aromatic heterocycles. The summed E-state index contributed by atoms with van der Waals surface area (Å²) in [5.41, 5.74) is 12.6. The summed E-state index contributed by atoms with van der Waals surface area (Å²) in [4.78, 5) is 4.06. The van der Waals surface area contributed by atoms with Crippen LogP contribution < -0.4 is 11.5 Å². The molecule has 1 rings (SSSR count). The summed E-state index contributed by atoms with van der Waals surface area (Å²) < 4.78 is 0.837. The van der Waals surface area contributed by atoms with Crippen LogP contribution in [0.25, 0.3) is 0 Å². The Morgan fingerprint density at radius 1 is 1.43 bits per heavy atom. The second-order valence-electron chi connectivity index (χ2n) is 3.30. The van der Waals surface area contributed by atoms with Crippen LogP contribution in [0.1, 0.15) is 30.9 Å². The van der Waals surface area contributed by atoms with Crippen molar-refractivity contribution in [1.29, 1.82) is 0 Å². The van der Waals surface area contributed by atoms with Crippen molar-refractivity contribution in [3.8, 4) is 0 Å². The Labute approximate surface area is 93.0 Å². The van der Waals surface area contributed by atoms with E-state index in [2.05, 4.69) is 20.9 Å². The molecular weight excluding hydrogens is 242 g/mol. The highest BCUT2D eigenvalue weighted by molar-refractivity contribution is 9.10. The molecule has 3 nitrogen and oxygen atoms in total. The predicted molar refractivity (Wildman–Crippen MR) is 61.8 cm³/mol. The third-order valence-electron chi connectivity index (χ3n) is 2.15. The van der Waals surface area contributed by atoms with E-state index in [1.807, 2.05) is 12.1 Å². The first-order chi connectivity index (χ1) is 6.74. The summed E-state index contributed by atoms with van der Waals surface area (Å²) in [5.74, 6) is 0. The lowest BCUT2D eigenvalue weighted by molar-refractivity contribution is 0.590. The van der Waals surface area contributed by atoms with Crippen LogP contribution in [-0.4, -0.2) is 11.5 Å². The first kappa shape index (κ1) is 11.6.